The van der Waals surface area contributed by atoms with Gasteiger partial charge >= 0.3 is 6.03 Å². The van der Waals surface area contributed by atoms with Gasteiger partial charge in [-0.25, -0.2) is 14.1 Å². The van der Waals surface area contributed by atoms with Gasteiger partial charge in [0.25, 0.3) is 5.91 Å². The molecule has 4 nitrogen and oxygen atoms in total. The van der Waals surface area contributed by atoms with Gasteiger partial charge in [0.2, 0.25) is 0 Å². The van der Waals surface area contributed by atoms with Crippen molar-refractivity contribution >= 4 is 17.6 Å². The first kappa shape index (κ1) is 15.5. The first-order valence-electron chi connectivity index (χ1n) is 7.80. The monoisotopic (exact) mass is 314 g/mol. The molecular formula is C18H19FN2O2. The van der Waals surface area contributed by atoms with Crippen molar-refractivity contribution in [2.75, 3.05) is 4.90 Å². The lowest BCUT2D eigenvalue weighted by atomic mass is 10.0. The number of allylic oxidation sites excluding steroid dienone is 3. The molecule has 0 aromatic heterocycles. The molecule has 1 aliphatic heterocycles. The molecule has 1 unspecified atom stereocenters. The number of rotatable bonds is 3. The predicted octanol–water partition coefficient (Wildman–Crippen LogP) is 3.85. The highest BCUT2D eigenvalue weighted by Crippen LogP contribution is 2.33. The minimum atomic E-state index is -0.540. The molecule has 0 saturated carbocycles. The summed E-state index contributed by atoms with van der Waals surface area (Å²) in [4.78, 5) is 28.4. The van der Waals surface area contributed by atoms with Crippen LogP contribution in [0.3, 0.4) is 0 Å². The molecule has 1 saturated heterocycles. The van der Waals surface area contributed by atoms with Crippen LogP contribution in [0.4, 0.5) is 14.9 Å². The number of amides is 3. The molecule has 3 amide bonds. The van der Waals surface area contributed by atoms with Crippen LogP contribution >= 0.6 is 0 Å². The third kappa shape index (κ3) is 2.67. The third-order valence-corrected chi connectivity index (χ3v) is 4.12. The Hall–Kier alpha value is -2.43. The van der Waals surface area contributed by atoms with Crippen molar-refractivity contribution < 1.29 is 14.0 Å². The average Bonchev–Trinajstić information content (AvgIpc) is 2.80. The van der Waals surface area contributed by atoms with Gasteiger partial charge in [-0.2, -0.15) is 0 Å². The molecule has 0 radical (unpaired) electrons. The smallest absolute Gasteiger partial charge is 0.281 e. The van der Waals surface area contributed by atoms with Crippen LogP contribution in [0.25, 0.3) is 0 Å². The summed E-state index contributed by atoms with van der Waals surface area (Å²) in [6, 6.07) is 4.50. The molecular weight excluding hydrogens is 295 g/mol. The lowest BCUT2D eigenvalue weighted by Gasteiger charge is -2.26. The fourth-order valence-corrected chi connectivity index (χ4v) is 3.02. The van der Waals surface area contributed by atoms with Gasteiger partial charge in [0.1, 0.15) is 11.9 Å². The fourth-order valence-electron chi connectivity index (χ4n) is 3.02. The summed E-state index contributed by atoms with van der Waals surface area (Å²) < 4.78 is 13.1. The zero-order valence-corrected chi connectivity index (χ0v) is 13.2. The van der Waals surface area contributed by atoms with Gasteiger partial charge in [-0.05, 0) is 49.1 Å². The molecule has 1 aliphatic carbocycles. The van der Waals surface area contributed by atoms with Crippen LogP contribution in [-0.2, 0) is 4.79 Å². The van der Waals surface area contributed by atoms with Gasteiger partial charge < -0.3 is 0 Å². The minimum absolute atomic E-state index is 0.0203. The standard InChI is InChI=1S/C18H19FN2O2/c1-12(2)16-17(22)21(15-10-8-13(19)9-11-15)18(23)20(16)14-6-4-3-5-7-14/h4,6-12,16H,3,5H2,1-2H3. The number of hydrogen-bond acceptors (Lipinski definition) is 2. The van der Waals surface area contributed by atoms with E-state index in [9.17, 15) is 14.0 Å². The maximum absolute atomic E-state index is 13.1. The number of benzene rings is 1. The minimum Gasteiger partial charge on any atom is -0.281 e. The number of carbonyl (C=O) groups excluding carboxylic acids is 2. The molecule has 5 heteroatoms. The Morgan fingerprint density at radius 3 is 2.39 bits per heavy atom. The van der Waals surface area contributed by atoms with Crippen LogP contribution in [0.15, 0.2) is 48.2 Å². The van der Waals surface area contributed by atoms with Gasteiger partial charge in [-0.1, -0.05) is 26.0 Å². The molecule has 0 spiro atoms. The molecule has 0 N–H and O–H groups in total. The third-order valence-electron chi connectivity index (χ3n) is 4.12. The second-order valence-electron chi connectivity index (χ2n) is 6.10. The normalized spacial score (nSPS) is 21.4. The summed E-state index contributed by atoms with van der Waals surface area (Å²) in [5.74, 6) is -0.687. The first-order chi connectivity index (χ1) is 11.0. The summed E-state index contributed by atoms with van der Waals surface area (Å²) in [5, 5.41) is 0. The molecule has 1 aromatic rings. The van der Waals surface area contributed by atoms with E-state index in [4.69, 9.17) is 0 Å². The van der Waals surface area contributed by atoms with Gasteiger partial charge in [-0.3, -0.25) is 9.69 Å². The number of halogens is 1. The molecule has 2 aliphatic rings. The topological polar surface area (TPSA) is 40.6 Å². The lowest BCUT2D eigenvalue weighted by Crippen LogP contribution is -2.38. The van der Waals surface area contributed by atoms with Crippen LogP contribution in [-0.4, -0.2) is 22.9 Å². The van der Waals surface area contributed by atoms with E-state index in [0.29, 0.717) is 5.69 Å². The quantitative estimate of drug-likeness (QED) is 0.795. The maximum atomic E-state index is 13.1. The molecule has 3 rings (SSSR count). The molecule has 1 heterocycles. The van der Waals surface area contributed by atoms with Crippen molar-refractivity contribution in [2.24, 2.45) is 5.92 Å². The average molecular weight is 314 g/mol. The zero-order chi connectivity index (χ0) is 16.6. The van der Waals surface area contributed by atoms with E-state index in [1.54, 1.807) is 4.90 Å². The molecule has 120 valence electrons. The largest absolute Gasteiger partial charge is 0.336 e. The molecule has 0 bridgehead atoms. The van der Waals surface area contributed by atoms with E-state index in [-0.39, 0.29) is 17.9 Å². The van der Waals surface area contributed by atoms with E-state index in [2.05, 4.69) is 0 Å². The Morgan fingerprint density at radius 2 is 1.83 bits per heavy atom. The number of carbonyl (C=O) groups is 2. The van der Waals surface area contributed by atoms with Crippen molar-refractivity contribution in [3.63, 3.8) is 0 Å². The number of nitrogens with zero attached hydrogens (tertiary/aromatic N) is 2. The highest BCUT2D eigenvalue weighted by molar-refractivity contribution is 6.22. The molecule has 1 aromatic carbocycles. The fraction of sp³-hybridized carbons (Fsp3) is 0.333. The predicted molar refractivity (Wildman–Crippen MR) is 86.2 cm³/mol. The van der Waals surface area contributed by atoms with Gasteiger partial charge in [0.05, 0.1) is 5.69 Å². The SMILES string of the molecule is CC(C)C1C(=O)N(c2ccc(F)cc2)C(=O)N1C1=CCCC=C1. The van der Waals surface area contributed by atoms with Crippen molar-refractivity contribution in [3.8, 4) is 0 Å². The van der Waals surface area contributed by atoms with Crippen molar-refractivity contribution in [1.29, 1.82) is 0 Å². The molecule has 1 atom stereocenters. The number of anilines is 1. The Balaban J connectivity index is 2.01. The van der Waals surface area contributed by atoms with E-state index < -0.39 is 11.9 Å². The van der Waals surface area contributed by atoms with E-state index in [1.807, 2.05) is 32.1 Å². The van der Waals surface area contributed by atoms with E-state index in [1.165, 1.54) is 24.3 Å². The molecule has 23 heavy (non-hydrogen) atoms. The van der Waals surface area contributed by atoms with Gasteiger partial charge in [0.15, 0.2) is 0 Å². The lowest BCUT2D eigenvalue weighted by molar-refractivity contribution is -0.120. The highest BCUT2D eigenvalue weighted by atomic mass is 19.1. The summed E-state index contributed by atoms with van der Waals surface area (Å²) in [7, 11) is 0. The van der Waals surface area contributed by atoms with Crippen LogP contribution in [0.5, 0.6) is 0 Å². The van der Waals surface area contributed by atoms with Crippen LogP contribution < -0.4 is 4.90 Å². The van der Waals surface area contributed by atoms with Crippen molar-refractivity contribution in [1.82, 2.24) is 4.90 Å². The second kappa shape index (κ2) is 5.99. The Labute approximate surface area is 134 Å². The van der Waals surface area contributed by atoms with Crippen LogP contribution in [0.2, 0.25) is 0 Å². The zero-order valence-electron chi connectivity index (χ0n) is 13.2. The summed E-state index contributed by atoms with van der Waals surface area (Å²) >= 11 is 0. The summed E-state index contributed by atoms with van der Waals surface area (Å²) in [5.41, 5.74) is 1.16. The number of urea groups is 1. The molecule has 1 fully saturated rings. The summed E-state index contributed by atoms with van der Waals surface area (Å²) in [6.45, 7) is 3.84. The second-order valence-corrected chi connectivity index (χ2v) is 6.10. The van der Waals surface area contributed by atoms with E-state index in [0.717, 1.165) is 23.4 Å². The van der Waals surface area contributed by atoms with Crippen molar-refractivity contribution in [2.45, 2.75) is 32.7 Å². The number of imide groups is 1. The maximum Gasteiger partial charge on any atom is 0.336 e. The number of hydrogen-bond donors (Lipinski definition) is 0. The Morgan fingerprint density at radius 1 is 1.13 bits per heavy atom. The first-order valence-corrected chi connectivity index (χ1v) is 7.80. The van der Waals surface area contributed by atoms with Crippen LogP contribution in [0.1, 0.15) is 26.7 Å². The Kier molecular flexibility index (Phi) is 4.03. The van der Waals surface area contributed by atoms with Gasteiger partial charge in [0, 0.05) is 5.70 Å². The van der Waals surface area contributed by atoms with Crippen LogP contribution in [0, 0.1) is 11.7 Å². The van der Waals surface area contributed by atoms with Crippen molar-refractivity contribution in [3.05, 3.63) is 54.0 Å². The summed E-state index contributed by atoms with van der Waals surface area (Å²) in [6.07, 6.45) is 7.66. The van der Waals surface area contributed by atoms with Gasteiger partial charge in [-0.15, -0.1) is 0 Å². The van der Waals surface area contributed by atoms with E-state index >= 15 is 0 Å². The Bertz CT molecular complexity index is 691. The highest BCUT2D eigenvalue weighted by Gasteiger charge is 2.48.